The molecule has 0 heterocycles. The van der Waals surface area contributed by atoms with Gasteiger partial charge in [-0.05, 0) is 34.4 Å². The minimum Gasteiger partial charge on any atom is -0.507 e. The number of phenolic OH excluding ortho intramolecular Hbond substituents is 1. The zero-order valence-corrected chi connectivity index (χ0v) is 13.1. The van der Waals surface area contributed by atoms with Crippen LogP contribution in [0.1, 0.15) is 81.5 Å². The van der Waals surface area contributed by atoms with Crippen LogP contribution in [0.4, 0.5) is 0 Å². The first-order valence-corrected chi connectivity index (χ1v) is 7.29. The maximum atomic E-state index is 10.5. The van der Waals surface area contributed by atoms with Crippen LogP contribution >= 0.6 is 11.6 Å². The van der Waals surface area contributed by atoms with Gasteiger partial charge in [-0.1, -0.05) is 47.6 Å². The summed E-state index contributed by atoms with van der Waals surface area (Å²) in [6.45, 7) is 12.8. The van der Waals surface area contributed by atoms with Crippen molar-refractivity contribution in [1.82, 2.24) is 0 Å². The first-order valence-electron chi connectivity index (χ1n) is 6.75. The van der Waals surface area contributed by atoms with Crippen molar-refractivity contribution in [3.05, 3.63) is 28.3 Å². The smallest absolute Gasteiger partial charge is 0.122 e. The fourth-order valence-corrected chi connectivity index (χ4v) is 2.80. The van der Waals surface area contributed by atoms with Gasteiger partial charge in [0.15, 0.2) is 0 Å². The molecule has 0 aliphatic carbocycles. The second kappa shape index (κ2) is 5.97. The Hall–Kier alpha value is -0.690. The van der Waals surface area contributed by atoms with E-state index in [9.17, 15) is 5.11 Å². The Kier molecular flexibility index (Phi) is 5.10. The Balaban J connectivity index is 3.64. The average Bonchev–Trinajstić information content (AvgIpc) is 2.26. The monoisotopic (exact) mass is 268 g/mol. The second-order valence-electron chi connectivity index (χ2n) is 5.89. The van der Waals surface area contributed by atoms with E-state index in [1.54, 1.807) is 0 Å². The lowest BCUT2D eigenvalue weighted by atomic mass is 9.84. The normalized spacial score (nSPS) is 11.9. The fourth-order valence-electron chi connectivity index (χ4n) is 2.50. The van der Waals surface area contributed by atoms with Crippen LogP contribution in [0.15, 0.2) is 6.07 Å². The third kappa shape index (κ3) is 2.83. The van der Waals surface area contributed by atoms with E-state index in [2.05, 4.69) is 47.6 Å². The molecule has 0 aliphatic heterocycles. The number of benzene rings is 1. The molecular formula is C16H25ClO. The van der Waals surface area contributed by atoms with Crippen LogP contribution in [0, 0.1) is 0 Å². The number of phenols is 1. The lowest BCUT2D eigenvalue weighted by molar-refractivity contribution is 0.452. The van der Waals surface area contributed by atoms with Crippen LogP contribution in [0.2, 0.25) is 0 Å². The lowest BCUT2D eigenvalue weighted by Crippen LogP contribution is -2.06. The van der Waals surface area contributed by atoms with E-state index in [-0.39, 0.29) is 5.92 Å². The molecule has 1 aromatic rings. The summed E-state index contributed by atoms with van der Waals surface area (Å²) in [6.07, 6.45) is 0. The first-order chi connectivity index (χ1) is 8.31. The third-order valence-electron chi connectivity index (χ3n) is 3.47. The number of hydrogen-bond acceptors (Lipinski definition) is 1. The molecule has 0 fully saturated rings. The van der Waals surface area contributed by atoms with Gasteiger partial charge >= 0.3 is 0 Å². The van der Waals surface area contributed by atoms with E-state index >= 15 is 0 Å². The molecule has 0 spiro atoms. The standard InChI is InChI=1S/C16H25ClO/c1-9(2)12-7-13(10(3)4)16(18)15(11(5)6)14(12)8-17/h7,9-11,18H,8H2,1-6H3. The molecule has 102 valence electrons. The summed E-state index contributed by atoms with van der Waals surface area (Å²) in [5.74, 6) is 1.95. The van der Waals surface area contributed by atoms with Crippen LogP contribution in [-0.2, 0) is 5.88 Å². The second-order valence-corrected chi connectivity index (χ2v) is 6.16. The van der Waals surface area contributed by atoms with E-state index in [1.165, 1.54) is 5.56 Å². The van der Waals surface area contributed by atoms with E-state index in [0.29, 0.717) is 23.5 Å². The van der Waals surface area contributed by atoms with Gasteiger partial charge in [0, 0.05) is 11.4 Å². The van der Waals surface area contributed by atoms with Gasteiger partial charge in [0.05, 0.1) is 0 Å². The highest BCUT2D eigenvalue weighted by molar-refractivity contribution is 6.17. The predicted molar refractivity (Wildman–Crippen MR) is 79.9 cm³/mol. The maximum Gasteiger partial charge on any atom is 0.122 e. The van der Waals surface area contributed by atoms with Gasteiger partial charge < -0.3 is 5.11 Å². The largest absolute Gasteiger partial charge is 0.507 e. The molecule has 0 radical (unpaired) electrons. The highest BCUT2D eigenvalue weighted by atomic mass is 35.5. The SMILES string of the molecule is CC(C)c1cc(C(C)C)c(CCl)c(C(C)C)c1O. The van der Waals surface area contributed by atoms with Gasteiger partial charge in [0.2, 0.25) is 0 Å². The summed E-state index contributed by atoms with van der Waals surface area (Å²) in [5.41, 5.74) is 4.45. The molecule has 1 nitrogen and oxygen atoms in total. The van der Waals surface area contributed by atoms with Crippen molar-refractivity contribution >= 4 is 11.6 Å². The number of aromatic hydroxyl groups is 1. The van der Waals surface area contributed by atoms with Crippen LogP contribution in [0.3, 0.4) is 0 Å². The molecule has 0 amide bonds. The predicted octanol–water partition coefficient (Wildman–Crippen LogP) is 5.50. The molecule has 1 rings (SSSR count). The molecule has 18 heavy (non-hydrogen) atoms. The van der Waals surface area contributed by atoms with Crippen LogP contribution in [-0.4, -0.2) is 5.11 Å². The van der Waals surface area contributed by atoms with Crippen molar-refractivity contribution in [2.24, 2.45) is 0 Å². The van der Waals surface area contributed by atoms with Gasteiger partial charge in [0.1, 0.15) is 5.75 Å². The highest BCUT2D eigenvalue weighted by Crippen LogP contribution is 2.40. The Labute approximate surface area is 116 Å². The van der Waals surface area contributed by atoms with Crippen molar-refractivity contribution in [1.29, 1.82) is 0 Å². The van der Waals surface area contributed by atoms with Crippen molar-refractivity contribution in [2.45, 2.75) is 65.2 Å². The molecule has 0 saturated heterocycles. The van der Waals surface area contributed by atoms with E-state index < -0.39 is 0 Å². The molecule has 0 aliphatic rings. The summed E-state index contributed by atoms with van der Waals surface area (Å²) in [4.78, 5) is 0. The first kappa shape index (κ1) is 15.4. The summed E-state index contributed by atoms with van der Waals surface area (Å²) >= 11 is 6.12. The van der Waals surface area contributed by atoms with E-state index in [1.807, 2.05) is 0 Å². The van der Waals surface area contributed by atoms with Crippen molar-refractivity contribution < 1.29 is 5.11 Å². The zero-order valence-electron chi connectivity index (χ0n) is 12.3. The minimum atomic E-state index is 0.287. The van der Waals surface area contributed by atoms with Crippen LogP contribution in [0.25, 0.3) is 0 Å². The van der Waals surface area contributed by atoms with Crippen LogP contribution in [0.5, 0.6) is 5.75 Å². The summed E-state index contributed by atoms with van der Waals surface area (Å²) in [6, 6.07) is 2.13. The molecular weight excluding hydrogens is 244 g/mol. The number of hydrogen-bond donors (Lipinski definition) is 1. The molecule has 2 heteroatoms. The van der Waals surface area contributed by atoms with Gasteiger partial charge in [-0.3, -0.25) is 0 Å². The number of rotatable bonds is 4. The van der Waals surface area contributed by atoms with E-state index in [0.717, 1.165) is 16.7 Å². The maximum absolute atomic E-state index is 10.5. The molecule has 1 N–H and O–H groups in total. The molecule has 0 unspecified atom stereocenters. The fraction of sp³-hybridized carbons (Fsp3) is 0.625. The van der Waals surface area contributed by atoms with Crippen molar-refractivity contribution in [2.75, 3.05) is 0 Å². The lowest BCUT2D eigenvalue weighted by Gasteiger charge is -2.23. The Morgan fingerprint density at radius 2 is 1.44 bits per heavy atom. The van der Waals surface area contributed by atoms with Gasteiger partial charge in [-0.15, -0.1) is 11.6 Å². The Bertz CT molecular complexity index is 420. The quantitative estimate of drug-likeness (QED) is 0.715. The van der Waals surface area contributed by atoms with E-state index in [4.69, 9.17) is 11.6 Å². The topological polar surface area (TPSA) is 20.2 Å². The summed E-state index contributed by atoms with van der Waals surface area (Å²) in [7, 11) is 0. The van der Waals surface area contributed by atoms with Crippen LogP contribution < -0.4 is 0 Å². The zero-order chi connectivity index (χ0) is 14.0. The molecule has 1 aromatic carbocycles. The summed E-state index contributed by atoms with van der Waals surface area (Å²) in [5, 5.41) is 10.5. The third-order valence-corrected chi connectivity index (χ3v) is 3.74. The Morgan fingerprint density at radius 1 is 0.944 bits per heavy atom. The van der Waals surface area contributed by atoms with Crippen molar-refractivity contribution in [3.63, 3.8) is 0 Å². The molecule has 0 saturated carbocycles. The van der Waals surface area contributed by atoms with Crippen molar-refractivity contribution in [3.8, 4) is 5.75 Å². The Morgan fingerprint density at radius 3 is 1.78 bits per heavy atom. The minimum absolute atomic E-state index is 0.287. The molecule has 0 bridgehead atoms. The number of halogens is 1. The summed E-state index contributed by atoms with van der Waals surface area (Å²) < 4.78 is 0. The van der Waals surface area contributed by atoms with Gasteiger partial charge in [-0.2, -0.15) is 0 Å². The molecule has 0 aromatic heterocycles. The highest BCUT2D eigenvalue weighted by Gasteiger charge is 2.21. The number of alkyl halides is 1. The van der Waals surface area contributed by atoms with Gasteiger partial charge in [0.25, 0.3) is 0 Å². The molecule has 0 atom stereocenters. The average molecular weight is 269 g/mol. The van der Waals surface area contributed by atoms with Gasteiger partial charge in [-0.25, -0.2) is 0 Å².